The monoisotopic (exact) mass is 505 g/mol. The van der Waals surface area contributed by atoms with Gasteiger partial charge in [0.25, 0.3) is 21.8 Å². The number of pyridine rings is 1. The average molecular weight is 506 g/mol. The lowest BCUT2D eigenvalue weighted by molar-refractivity contribution is 0.0407. The molecule has 0 aliphatic heterocycles. The molecule has 1 aromatic heterocycles. The van der Waals surface area contributed by atoms with Gasteiger partial charge in [-0.1, -0.05) is 6.42 Å². The molecule has 2 N–H and O–H groups in total. The molecule has 0 bridgehead atoms. The number of nitrogens with zero attached hydrogens (tertiary/aromatic N) is 1. The minimum Gasteiger partial charge on any atom is -0.431 e. The average Bonchev–Trinajstić information content (AvgIpc) is 2.85. The van der Waals surface area contributed by atoms with Gasteiger partial charge in [-0.05, 0) is 56.0 Å². The summed E-state index contributed by atoms with van der Waals surface area (Å²) in [4.78, 5) is 40.0. The molecular formula is C23H27N3O8S. The van der Waals surface area contributed by atoms with Crippen molar-refractivity contribution in [3.05, 3.63) is 53.7 Å². The third kappa shape index (κ3) is 7.76. The smallest absolute Gasteiger partial charge is 0.431 e. The van der Waals surface area contributed by atoms with Crippen LogP contribution in [0.15, 0.2) is 47.5 Å². The zero-order valence-corrected chi connectivity index (χ0v) is 20.0. The summed E-state index contributed by atoms with van der Waals surface area (Å²) in [6, 6.07) is 7.64. The van der Waals surface area contributed by atoms with Gasteiger partial charge in [0.15, 0.2) is 0 Å². The molecule has 11 nitrogen and oxygen atoms in total. The molecule has 0 spiro atoms. The summed E-state index contributed by atoms with van der Waals surface area (Å²) in [6.45, 7) is 0.655. The van der Waals surface area contributed by atoms with Crippen LogP contribution in [0.5, 0.6) is 5.88 Å². The number of sulfonamides is 1. The second-order valence-corrected chi connectivity index (χ2v) is 9.51. The molecule has 0 radical (unpaired) electrons. The molecule has 188 valence electrons. The first-order chi connectivity index (χ1) is 16.8. The van der Waals surface area contributed by atoms with Gasteiger partial charge < -0.3 is 19.5 Å². The zero-order valence-electron chi connectivity index (χ0n) is 19.2. The number of carbonyl (C=O) groups is 3. The first kappa shape index (κ1) is 26.1. The fraction of sp³-hybridized carbons (Fsp3) is 0.391. The van der Waals surface area contributed by atoms with Crippen LogP contribution >= 0.6 is 0 Å². The normalized spacial score (nSPS) is 14.1. The van der Waals surface area contributed by atoms with Crippen LogP contribution in [0, 0.1) is 0 Å². The number of aromatic nitrogens is 1. The number of ether oxygens (including phenoxy) is 3. The molecule has 1 aromatic carbocycles. The molecule has 0 saturated heterocycles. The maximum Gasteiger partial charge on any atom is 0.515 e. The highest BCUT2D eigenvalue weighted by Crippen LogP contribution is 2.21. The van der Waals surface area contributed by atoms with Gasteiger partial charge in [-0.15, -0.1) is 0 Å². The van der Waals surface area contributed by atoms with Crippen LogP contribution in [0.1, 0.15) is 52.8 Å². The molecule has 1 saturated carbocycles. The van der Waals surface area contributed by atoms with E-state index in [1.807, 2.05) is 4.72 Å². The predicted octanol–water partition coefficient (Wildman–Crippen LogP) is 2.42. The van der Waals surface area contributed by atoms with Crippen molar-refractivity contribution in [2.24, 2.45) is 0 Å². The molecule has 2 amide bonds. The number of nitrogens with one attached hydrogen (secondary N) is 2. The van der Waals surface area contributed by atoms with Crippen LogP contribution in [0.3, 0.4) is 0 Å². The van der Waals surface area contributed by atoms with E-state index in [4.69, 9.17) is 14.2 Å². The third-order valence-electron chi connectivity index (χ3n) is 5.25. The molecule has 3 rings (SSSR count). The van der Waals surface area contributed by atoms with E-state index in [0.29, 0.717) is 13.2 Å². The van der Waals surface area contributed by atoms with Crippen molar-refractivity contribution < 1.29 is 37.0 Å². The molecule has 2 aromatic rings. The molecule has 1 fully saturated rings. The van der Waals surface area contributed by atoms with Gasteiger partial charge in [-0.2, -0.15) is 0 Å². The van der Waals surface area contributed by atoms with E-state index in [0.717, 1.165) is 38.3 Å². The Morgan fingerprint density at radius 1 is 0.971 bits per heavy atom. The van der Waals surface area contributed by atoms with Crippen molar-refractivity contribution in [1.29, 1.82) is 0 Å². The second kappa shape index (κ2) is 12.3. The maximum atomic E-state index is 12.6. The Morgan fingerprint density at radius 2 is 1.66 bits per heavy atom. The number of hydrogen-bond acceptors (Lipinski definition) is 9. The molecule has 1 heterocycles. The summed E-state index contributed by atoms with van der Waals surface area (Å²) in [5.74, 6) is -1.38. The standard InChI is InChI=1S/C23H27N3O8S/c1-32-14-13-24-21(27)16-7-10-19(11-8-16)35(30,31)26-22(28)17-9-12-20(25-15-17)34-23(29)33-18-5-3-2-4-6-18/h7-12,15,18H,2-6,13-14H2,1H3,(H,24,27)(H,26,28). The fourth-order valence-electron chi connectivity index (χ4n) is 3.40. The Morgan fingerprint density at radius 3 is 2.29 bits per heavy atom. The van der Waals surface area contributed by atoms with Gasteiger partial charge >= 0.3 is 6.16 Å². The quantitative estimate of drug-likeness (QED) is 0.387. The Kier molecular flexibility index (Phi) is 9.15. The highest BCUT2D eigenvalue weighted by Gasteiger charge is 2.21. The summed E-state index contributed by atoms with van der Waals surface area (Å²) in [7, 11) is -2.69. The number of rotatable bonds is 9. The van der Waals surface area contributed by atoms with Crippen LogP contribution in [-0.2, 0) is 19.5 Å². The van der Waals surface area contributed by atoms with E-state index < -0.39 is 22.1 Å². The van der Waals surface area contributed by atoms with Gasteiger partial charge in [0, 0.05) is 31.5 Å². The highest BCUT2D eigenvalue weighted by molar-refractivity contribution is 7.90. The number of methoxy groups -OCH3 is 1. The van der Waals surface area contributed by atoms with Crippen molar-refractivity contribution in [1.82, 2.24) is 15.0 Å². The van der Waals surface area contributed by atoms with Gasteiger partial charge in [0.2, 0.25) is 5.88 Å². The fourth-order valence-corrected chi connectivity index (χ4v) is 4.37. The van der Waals surface area contributed by atoms with E-state index in [-0.39, 0.29) is 33.9 Å². The Labute approximate surface area is 203 Å². The van der Waals surface area contributed by atoms with Crippen molar-refractivity contribution in [3.63, 3.8) is 0 Å². The van der Waals surface area contributed by atoms with Gasteiger partial charge in [-0.3, -0.25) is 9.59 Å². The van der Waals surface area contributed by atoms with Crippen molar-refractivity contribution in [2.75, 3.05) is 20.3 Å². The number of amides is 2. The molecule has 12 heteroatoms. The molecule has 1 aliphatic rings. The van der Waals surface area contributed by atoms with E-state index in [1.165, 1.54) is 43.5 Å². The number of benzene rings is 1. The molecule has 0 atom stereocenters. The lowest BCUT2D eigenvalue weighted by Crippen LogP contribution is -2.31. The molecule has 0 unspecified atom stereocenters. The predicted molar refractivity (Wildman–Crippen MR) is 124 cm³/mol. The van der Waals surface area contributed by atoms with Crippen molar-refractivity contribution in [3.8, 4) is 5.88 Å². The van der Waals surface area contributed by atoms with E-state index in [9.17, 15) is 22.8 Å². The third-order valence-corrected chi connectivity index (χ3v) is 6.59. The summed E-state index contributed by atoms with van der Waals surface area (Å²) < 4.78 is 42.2. The molecular weight excluding hydrogens is 478 g/mol. The molecule has 1 aliphatic carbocycles. The minimum absolute atomic E-state index is 0.0595. The van der Waals surface area contributed by atoms with E-state index >= 15 is 0 Å². The van der Waals surface area contributed by atoms with Crippen LogP contribution in [-0.4, -0.2) is 57.7 Å². The highest BCUT2D eigenvalue weighted by atomic mass is 32.2. The Bertz CT molecular complexity index is 1130. The lowest BCUT2D eigenvalue weighted by Gasteiger charge is -2.20. The first-order valence-electron chi connectivity index (χ1n) is 11.1. The Balaban J connectivity index is 1.55. The summed E-state index contributed by atoms with van der Waals surface area (Å²) >= 11 is 0. The Hall–Kier alpha value is -3.51. The van der Waals surface area contributed by atoms with E-state index in [2.05, 4.69) is 10.3 Å². The number of carbonyl (C=O) groups excluding carboxylic acids is 3. The zero-order chi connectivity index (χ0) is 25.3. The van der Waals surface area contributed by atoms with Crippen molar-refractivity contribution >= 4 is 28.0 Å². The van der Waals surface area contributed by atoms with Gasteiger partial charge in [0.1, 0.15) is 6.10 Å². The van der Waals surface area contributed by atoms with Crippen LogP contribution in [0.2, 0.25) is 0 Å². The summed E-state index contributed by atoms with van der Waals surface area (Å²) in [5.41, 5.74) is 0.198. The van der Waals surface area contributed by atoms with Crippen molar-refractivity contribution in [2.45, 2.75) is 43.1 Å². The first-order valence-corrected chi connectivity index (χ1v) is 12.6. The summed E-state index contributed by atoms with van der Waals surface area (Å²) in [6.07, 6.45) is 4.73. The summed E-state index contributed by atoms with van der Waals surface area (Å²) in [5, 5.41) is 2.62. The van der Waals surface area contributed by atoms with Gasteiger partial charge in [-0.25, -0.2) is 22.9 Å². The maximum absolute atomic E-state index is 12.6. The minimum atomic E-state index is -4.20. The topological polar surface area (TPSA) is 150 Å². The SMILES string of the molecule is COCCNC(=O)c1ccc(S(=O)(=O)NC(=O)c2ccc(OC(=O)OC3CCCCC3)nc2)cc1. The van der Waals surface area contributed by atoms with Crippen LogP contribution in [0.4, 0.5) is 4.79 Å². The van der Waals surface area contributed by atoms with Gasteiger partial charge in [0.05, 0.1) is 17.1 Å². The lowest BCUT2D eigenvalue weighted by atomic mass is 9.98. The molecule has 35 heavy (non-hydrogen) atoms. The number of hydrogen-bond donors (Lipinski definition) is 2. The van der Waals surface area contributed by atoms with E-state index in [1.54, 1.807) is 0 Å². The largest absolute Gasteiger partial charge is 0.515 e. The van der Waals surface area contributed by atoms with Crippen LogP contribution < -0.4 is 14.8 Å². The van der Waals surface area contributed by atoms with Crippen LogP contribution in [0.25, 0.3) is 0 Å². The second-order valence-electron chi connectivity index (χ2n) is 7.82.